The second-order valence-corrected chi connectivity index (χ2v) is 9.70. The highest BCUT2D eigenvalue weighted by molar-refractivity contribution is 7.89. The van der Waals surface area contributed by atoms with Crippen molar-refractivity contribution < 1.29 is 26.7 Å². The average molecular weight is 524 g/mol. The van der Waals surface area contributed by atoms with Gasteiger partial charge in [-0.2, -0.15) is 0 Å². The largest absolute Gasteiger partial charge is 0.465 e. The van der Waals surface area contributed by atoms with Crippen LogP contribution in [0, 0.1) is 11.6 Å². The molecular weight excluding hydrogens is 499 g/mol. The van der Waals surface area contributed by atoms with E-state index in [1.165, 1.54) is 25.3 Å². The van der Waals surface area contributed by atoms with Gasteiger partial charge in [-0.05, 0) is 30.3 Å². The number of carbonyl (C=O) groups is 1. The molecule has 0 saturated carbocycles. The van der Waals surface area contributed by atoms with E-state index in [0.29, 0.717) is 32.7 Å². The summed E-state index contributed by atoms with van der Waals surface area (Å²) in [7, 11) is -2.43. The molecule has 0 aliphatic carbocycles. The molecule has 33 heavy (non-hydrogen) atoms. The zero-order chi connectivity index (χ0) is 23.3. The summed E-state index contributed by atoms with van der Waals surface area (Å²) < 4.78 is 59.1. The van der Waals surface area contributed by atoms with Crippen LogP contribution in [-0.4, -0.2) is 64.9 Å². The lowest BCUT2D eigenvalue weighted by Crippen LogP contribution is -2.48. The van der Waals surface area contributed by atoms with Gasteiger partial charge in [0.2, 0.25) is 10.0 Å². The van der Waals surface area contributed by atoms with Crippen LogP contribution in [-0.2, 0) is 21.3 Å². The summed E-state index contributed by atoms with van der Waals surface area (Å²) in [5.74, 6) is -1.95. The molecule has 1 aliphatic rings. The second kappa shape index (κ2) is 11.9. The van der Waals surface area contributed by atoms with E-state index in [1.807, 2.05) is 4.90 Å². The summed E-state index contributed by atoms with van der Waals surface area (Å²) in [6.07, 6.45) is 0. The summed E-state index contributed by atoms with van der Waals surface area (Å²) in [4.78, 5) is 15.5. The van der Waals surface area contributed by atoms with E-state index < -0.39 is 27.6 Å². The Bertz CT molecular complexity index is 1080. The van der Waals surface area contributed by atoms with Gasteiger partial charge < -0.3 is 9.64 Å². The van der Waals surface area contributed by atoms with Gasteiger partial charge >= 0.3 is 5.97 Å². The highest BCUT2D eigenvalue weighted by Gasteiger charge is 2.20. The van der Waals surface area contributed by atoms with Crippen LogP contribution in [0.5, 0.6) is 0 Å². The first kappa shape index (κ1) is 27.3. The molecule has 1 aliphatic heterocycles. The van der Waals surface area contributed by atoms with E-state index in [2.05, 4.69) is 14.4 Å². The topological polar surface area (TPSA) is 78.9 Å². The van der Waals surface area contributed by atoms with Gasteiger partial charge in [0.15, 0.2) is 0 Å². The predicted octanol–water partition coefficient (Wildman–Crippen LogP) is 3.07. The molecule has 1 heterocycles. The van der Waals surface area contributed by atoms with Gasteiger partial charge in [-0.15, -0.1) is 12.4 Å². The van der Waals surface area contributed by atoms with Gasteiger partial charge in [0, 0.05) is 50.5 Å². The summed E-state index contributed by atoms with van der Waals surface area (Å²) in [5, 5.41) is 0.0680. The summed E-state index contributed by atoms with van der Waals surface area (Å²) in [5.41, 5.74) is 1.01. The van der Waals surface area contributed by atoms with Crippen LogP contribution in [0.1, 0.15) is 15.9 Å². The van der Waals surface area contributed by atoms with Crippen LogP contribution in [0.3, 0.4) is 0 Å². The second-order valence-electron chi connectivity index (χ2n) is 7.36. The summed E-state index contributed by atoms with van der Waals surface area (Å²) >= 11 is 5.84. The van der Waals surface area contributed by atoms with Crippen LogP contribution >= 0.6 is 24.0 Å². The zero-order valence-corrected chi connectivity index (χ0v) is 20.3. The Kier molecular flexibility index (Phi) is 9.86. The standard InChI is InChI=1S/C21H24ClF2N3O4S.ClH/c1-31-21(28)15-2-3-16(20(24)12-15)14-25-32(29,30)11-10-26-6-8-27(9-7-26)17-4-5-19(23)18(22)13-17;/h2-5,12-13,25H,6-11,14H2,1H3;1H. The molecule has 12 heteroatoms. The monoisotopic (exact) mass is 523 g/mol. The Morgan fingerprint density at radius 3 is 2.39 bits per heavy atom. The van der Waals surface area contributed by atoms with Crippen LogP contribution in [0.15, 0.2) is 36.4 Å². The van der Waals surface area contributed by atoms with E-state index in [0.717, 1.165) is 11.8 Å². The minimum atomic E-state index is -3.63. The quantitative estimate of drug-likeness (QED) is 0.535. The molecule has 1 fully saturated rings. The lowest BCUT2D eigenvalue weighted by molar-refractivity contribution is 0.0600. The average Bonchev–Trinajstić information content (AvgIpc) is 2.78. The highest BCUT2D eigenvalue weighted by Crippen LogP contribution is 2.23. The fourth-order valence-electron chi connectivity index (χ4n) is 3.36. The SMILES string of the molecule is COC(=O)c1ccc(CNS(=O)(=O)CCN2CCN(c3ccc(F)c(Cl)c3)CC2)c(F)c1.Cl. The maximum atomic E-state index is 14.1. The molecule has 0 amide bonds. The molecule has 2 aromatic carbocycles. The molecule has 0 atom stereocenters. The van der Waals surface area contributed by atoms with Crippen molar-refractivity contribution in [3.05, 3.63) is 64.2 Å². The maximum absolute atomic E-state index is 14.1. The lowest BCUT2D eigenvalue weighted by Gasteiger charge is -2.36. The van der Waals surface area contributed by atoms with E-state index in [1.54, 1.807) is 12.1 Å². The van der Waals surface area contributed by atoms with E-state index in [-0.39, 0.29) is 40.9 Å². The first-order valence-electron chi connectivity index (χ1n) is 9.95. The maximum Gasteiger partial charge on any atom is 0.337 e. The number of sulfonamides is 1. The number of hydrogen-bond acceptors (Lipinski definition) is 6. The number of benzene rings is 2. The van der Waals surface area contributed by atoms with Crippen molar-refractivity contribution in [2.75, 3.05) is 50.5 Å². The number of nitrogens with zero attached hydrogens (tertiary/aromatic N) is 2. The number of anilines is 1. The van der Waals surface area contributed by atoms with E-state index in [4.69, 9.17) is 11.6 Å². The minimum Gasteiger partial charge on any atom is -0.465 e. The van der Waals surface area contributed by atoms with Crippen molar-refractivity contribution in [3.8, 4) is 0 Å². The number of rotatable bonds is 8. The highest BCUT2D eigenvalue weighted by atomic mass is 35.5. The van der Waals surface area contributed by atoms with Gasteiger partial charge in [0.05, 0.1) is 23.4 Å². The molecule has 0 radical (unpaired) electrons. The van der Waals surface area contributed by atoms with Crippen molar-refractivity contribution in [1.82, 2.24) is 9.62 Å². The Hall–Kier alpha value is -1.98. The first-order valence-corrected chi connectivity index (χ1v) is 12.0. The Labute approximate surface area is 203 Å². The van der Waals surface area contributed by atoms with Crippen LogP contribution < -0.4 is 9.62 Å². The van der Waals surface area contributed by atoms with E-state index in [9.17, 15) is 22.0 Å². The van der Waals surface area contributed by atoms with Gasteiger partial charge in [0.1, 0.15) is 11.6 Å². The van der Waals surface area contributed by atoms with Crippen LogP contribution in [0.2, 0.25) is 5.02 Å². The molecule has 0 aromatic heterocycles. The number of nitrogens with one attached hydrogen (secondary N) is 1. The van der Waals surface area contributed by atoms with Crippen LogP contribution in [0.4, 0.5) is 14.5 Å². The molecule has 0 spiro atoms. The van der Waals surface area contributed by atoms with Gasteiger partial charge in [-0.1, -0.05) is 17.7 Å². The molecule has 0 bridgehead atoms. The Morgan fingerprint density at radius 1 is 1.09 bits per heavy atom. The zero-order valence-electron chi connectivity index (χ0n) is 17.9. The number of carbonyl (C=O) groups excluding carboxylic acids is 1. The number of esters is 1. The molecular formula is C21H25Cl2F2N3O4S. The number of piperazine rings is 1. The number of hydrogen-bond donors (Lipinski definition) is 1. The Balaban J connectivity index is 0.00000385. The molecule has 1 N–H and O–H groups in total. The van der Waals surface area contributed by atoms with E-state index >= 15 is 0 Å². The number of halogens is 4. The fraction of sp³-hybridized carbons (Fsp3) is 0.381. The molecule has 0 unspecified atom stereocenters. The van der Waals surface area contributed by atoms with Gasteiger partial charge in [0.25, 0.3) is 0 Å². The number of ether oxygens (including phenoxy) is 1. The van der Waals surface area contributed by atoms with Crippen molar-refractivity contribution >= 4 is 45.7 Å². The Morgan fingerprint density at radius 2 is 1.79 bits per heavy atom. The third-order valence-corrected chi connectivity index (χ3v) is 6.87. The van der Waals surface area contributed by atoms with Gasteiger partial charge in [-0.3, -0.25) is 4.90 Å². The third-order valence-electron chi connectivity index (χ3n) is 5.27. The van der Waals surface area contributed by atoms with Crippen LogP contribution in [0.25, 0.3) is 0 Å². The normalized spacial score (nSPS) is 14.6. The van der Waals surface area contributed by atoms with Crippen molar-refractivity contribution in [1.29, 1.82) is 0 Å². The molecule has 1 saturated heterocycles. The molecule has 3 rings (SSSR count). The predicted molar refractivity (Wildman–Crippen MR) is 126 cm³/mol. The van der Waals surface area contributed by atoms with Crippen molar-refractivity contribution in [2.24, 2.45) is 0 Å². The fourth-order valence-corrected chi connectivity index (χ4v) is 4.55. The van der Waals surface area contributed by atoms with Crippen molar-refractivity contribution in [3.63, 3.8) is 0 Å². The first-order chi connectivity index (χ1) is 15.2. The number of methoxy groups -OCH3 is 1. The third kappa shape index (κ3) is 7.51. The lowest BCUT2D eigenvalue weighted by atomic mass is 10.1. The molecule has 2 aromatic rings. The molecule has 182 valence electrons. The molecule has 7 nitrogen and oxygen atoms in total. The minimum absolute atomic E-state index is 0. The smallest absolute Gasteiger partial charge is 0.337 e. The summed E-state index contributed by atoms with van der Waals surface area (Å²) in [6, 6.07) is 8.33. The van der Waals surface area contributed by atoms with Gasteiger partial charge in [-0.25, -0.2) is 26.7 Å². The van der Waals surface area contributed by atoms with Crippen molar-refractivity contribution in [2.45, 2.75) is 6.54 Å². The summed E-state index contributed by atoms with van der Waals surface area (Å²) in [6.45, 7) is 2.73.